The lowest BCUT2D eigenvalue weighted by molar-refractivity contribution is -0.119. The maximum Gasteiger partial charge on any atom is 0.324 e. The minimum absolute atomic E-state index is 0.0466. The fraction of sp³-hybridized carbons (Fsp3) is 0.294. The Hall–Kier alpha value is -5.14. The number of carbonyl (C=O) groups excluding carboxylic acids is 2. The maximum atomic E-state index is 13.0. The van der Waals surface area contributed by atoms with Gasteiger partial charge in [0.15, 0.2) is 5.13 Å². The van der Waals surface area contributed by atoms with Gasteiger partial charge in [0.05, 0.1) is 34.3 Å². The van der Waals surface area contributed by atoms with E-state index in [1.807, 2.05) is 54.6 Å². The zero-order valence-electron chi connectivity index (χ0n) is 26.2. The van der Waals surface area contributed by atoms with E-state index in [1.165, 1.54) is 23.7 Å². The maximum absolute atomic E-state index is 13.0. The molecule has 1 aliphatic rings. The van der Waals surface area contributed by atoms with Crippen LogP contribution in [0.3, 0.4) is 0 Å². The van der Waals surface area contributed by atoms with E-state index < -0.39 is 6.03 Å². The smallest absolute Gasteiger partial charge is 0.324 e. The summed E-state index contributed by atoms with van der Waals surface area (Å²) in [6, 6.07) is 16.7. The fourth-order valence-electron chi connectivity index (χ4n) is 5.24. The van der Waals surface area contributed by atoms with Gasteiger partial charge < -0.3 is 15.2 Å². The van der Waals surface area contributed by atoms with E-state index in [9.17, 15) is 14.7 Å². The van der Waals surface area contributed by atoms with Crippen molar-refractivity contribution in [2.24, 2.45) is 5.92 Å². The minimum atomic E-state index is -0.475. The predicted octanol–water partition coefficient (Wildman–Crippen LogP) is 6.47. The number of ether oxygens (including phenoxy) is 1. The normalized spacial score (nSPS) is 13.2. The van der Waals surface area contributed by atoms with Crippen molar-refractivity contribution >= 4 is 39.9 Å². The van der Waals surface area contributed by atoms with Crippen molar-refractivity contribution in [1.82, 2.24) is 24.7 Å². The van der Waals surface area contributed by atoms with Gasteiger partial charge in [0, 0.05) is 31.8 Å². The summed E-state index contributed by atoms with van der Waals surface area (Å²) in [7, 11) is 0. The molecule has 13 heteroatoms. The Morgan fingerprint density at radius 3 is 2.57 bits per heavy atom. The molecular weight excluding hydrogens is 616 g/mol. The molecule has 5 aromatic rings. The fourth-order valence-corrected chi connectivity index (χ4v) is 6.21. The second-order valence-electron chi connectivity index (χ2n) is 11.6. The highest BCUT2D eigenvalue weighted by Gasteiger charge is 2.22. The third kappa shape index (κ3) is 7.99. The highest BCUT2D eigenvalue weighted by Crippen LogP contribution is 2.34. The van der Waals surface area contributed by atoms with Crippen LogP contribution >= 0.6 is 11.3 Å². The topological polar surface area (TPSA) is 147 Å². The summed E-state index contributed by atoms with van der Waals surface area (Å²) < 4.78 is 7.52. The van der Waals surface area contributed by atoms with Crippen molar-refractivity contribution in [2.75, 3.05) is 28.7 Å². The lowest BCUT2D eigenvalue weighted by Gasteiger charge is -2.23. The molecule has 0 atom stereocenters. The molecule has 1 fully saturated rings. The molecule has 0 radical (unpaired) electrons. The first-order valence-electron chi connectivity index (χ1n) is 15.6. The van der Waals surface area contributed by atoms with Crippen LogP contribution in [0.5, 0.6) is 11.8 Å². The van der Waals surface area contributed by atoms with Gasteiger partial charge in [-0.15, -0.1) is 0 Å². The summed E-state index contributed by atoms with van der Waals surface area (Å²) in [5, 5.41) is 20.5. The molecule has 3 amide bonds. The van der Waals surface area contributed by atoms with Crippen LogP contribution in [-0.2, 0) is 17.6 Å². The molecule has 1 aliphatic heterocycles. The molecular formula is C34H36N8O4S. The van der Waals surface area contributed by atoms with E-state index >= 15 is 0 Å². The zero-order chi connectivity index (χ0) is 32.8. The first-order chi connectivity index (χ1) is 22.8. The largest absolute Gasteiger partial charge is 0.424 e. The number of rotatable bonds is 11. The zero-order valence-corrected chi connectivity index (χ0v) is 27.0. The van der Waals surface area contributed by atoms with Gasteiger partial charge >= 0.3 is 12.0 Å². The quantitative estimate of drug-likeness (QED) is 0.147. The number of piperidine rings is 1. The minimum Gasteiger partial charge on any atom is -0.424 e. The molecule has 0 bridgehead atoms. The predicted molar refractivity (Wildman–Crippen MR) is 181 cm³/mol. The summed E-state index contributed by atoms with van der Waals surface area (Å²) in [6.45, 7) is 4.99. The van der Waals surface area contributed by atoms with Crippen LogP contribution < -0.4 is 20.3 Å². The number of carbonyl (C=O) groups is 2. The molecule has 0 spiro atoms. The molecule has 2 aromatic carbocycles. The Balaban J connectivity index is 1.07. The monoisotopic (exact) mass is 652 g/mol. The molecule has 4 heterocycles. The van der Waals surface area contributed by atoms with Crippen LogP contribution in [0.1, 0.15) is 44.4 Å². The third-order valence-corrected chi connectivity index (χ3v) is 8.53. The van der Waals surface area contributed by atoms with Crippen molar-refractivity contribution in [3.05, 3.63) is 84.4 Å². The molecule has 47 heavy (non-hydrogen) atoms. The molecule has 0 saturated carbocycles. The third-order valence-electron chi connectivity index (χ3n) is 7.46. The number of thiazole rings is 1. The standard InChI is InChI=1S/C34H36N8O4S/c1-22(2)16-25-18-30(42(40-25)27-7-5-6-23(17-27)13-15-43)39-32(45)38-26-19-35-33(36-20-26)46-28-11-9-24(10-12-28)29-21-37-34(47-29)41-14-4-3-8-31(41)44/h5-7,9-12,17-22,43H,3-4,8,13-16H2,1-2H3,(H2,38,39,45). The summed E-state index contributed by atoms with van der Waals surface area (Å²) in [5.74, 6) is 1.58. The van der Waals surface area contributed by atoms with Crippen LogP contribution in [0, 0.1) is 5.92 Å². The van der Waals surface area contributed by atoms with Crippen LogP contribution in [-0.4, -0.2) is 54.9 Å². The van der Waals surface area contributed by atoms with E-state index in [1.54, 1.807) is 15.8 Å². The Labute approximate surface area is 276 Å². The van der Waals surface area contributed by atoms with E-state index in [0.29, 0.717) is 42.6 Å². The van der Waals surface area contributed by atoms with E-state index in [2.05, 4.69) is 39.4 Å². The number of nitrogens with one attached hydrogen (secondary N) is 2. The van der Waals surface area contributed by atoms with Crippen molar-refractivity contribution < 1.29 is 19.4 Å². The van der Waals surface area contributed by atoms with Gasteiger partial charge in [0.2, 0.25) is 5.91 Å². The van der Waals surface area contributed by atoms with Crippen LogP contribution in [0.25, 0.3) is 16.1 Å². The number of hydrogen-bond acceptors (Lipinski definition) is 9. The Morgan fingerprint density at radius 1 is 1.02 bits per heavy atom. The van der Waals surface area contributed by atoms with Crippen molar-refractivity contribution in [2.45, 2.75) is 46.0 Å². The average molecular weight is 653 g/mol. The SMILES string of the molecule is CC(C)Cc1cc(NC(=O)Nc2cnc(Oc3ccc(-c4cnc(N5CCCCC5=O)s4)cc3)nc2)n(-c2cccc(CCO)c2)n1. The number of aliphatic hydroxyl groups excluding tert-OH is 1. The lowest BCUT2D eigenvalue weighted by Crippen LogP contribution is -2.34. The number of benzene rings is 2. The number of aliphatic hydroxyl groups is 1. The molecule has 3 aromatic heterocycles. The summed E-state index contributed by atoms with van der Waals surface area (Å²) >= 11 is 1.49. The summed E-state index contributed by atoms with van der Waals surface area (Å²) in [6.07, 6.45) is 8.51. The number of hydrogen-bond donors (Lipinski definition) is 3. The molecule has 12 nitrogen and oxygen atoms in total. The lowest BCUT2D eigenvalue weighted by atomic mass is 10.1. The van der Waals surface area contributed by atoms with Gasteiger partial charge in [-0.05, 0) is 79.1 Å². The van der Waals surface area contributed by atoms with Gasteiger partial charge in [-0.1, -0.05) is 37.3 Å². The van der Waals surface area contributed by atoms with Crippen LogP contribution in [0.15, 0.2) is 73.2 Å². The van der Waals surface area contributed by atoms with E-state index in [0.717, 1.165) is 51.8 Å². The van der Waals surface area contributed by atoms with Crippen LogP contribution in [0.2, 0.25) is 0 Å². The number of amides is 3. The molecule has 1 saturated heterocycles. The Kier molecular flexibility index (Phi) is 9.83. The molecule has 0 unspecified atom stereocenters. The number of nitrogens with zero attached hydrogens (tertiary/aromatic N) is 6. The van der Waals surface area contributed by atoms with E-state index in [-0.39, 0.29) is 18.5 Å². The Morgan fingerprint density at radius 2 is 1.83 bits per heavy atom. The van der Waals surface area contributed by atoms with Gasteiger partial charge in [-0.25, -0.2) is 24.4 Å². The number of aromatic nitrogens is 5. The summed E-state index contributed by atoms with van der Waals surface area (Å²) in [5.41, 5.74) is 3.96. The number of anilines is 3. The van der Waals surface area contributed by atoms with Crippen LogP contribution in [0.4, 0.5) is 21.4 Å². The highest BCUT2D eigenvalue weighted by molar-refractivity contribution is 7.19. The first-order valence-corrected chi connectivity index (χ1v) is 16.4. The first kappa shape index (κ1) is 31.8. The summed E-state index contributed by atoms with van der Waals surface area (Å²) in [4.78, 5) is 40.9. The second kappa shape index (κ2) is 14.5. The van der Waals surface area contributed by atoms with Gasteiger partial charge in [0.25, 0.3) is 0 Å². The van der Waals surface area contributed by atoms with Gasteiger partial charge in [-0.2, -0.15) is 5.10 Å². The Bertz CT molecular complexity index is 1840. The average Bonchev–Trinajstić information content (AvgIpc) is 3.70. The van der Waals surface area contributed by atoms with Crippen molar-refractivity contribution in [1.29, 1.82) is 0 Å². The molecule has 242 valence electrons. The molecule has 6 rings (SSSR count). The van der Waals surface area contributed by atoms with Gasteiger partial charge in [-0.3, -0.25) is 15.0 Å². The van der Waals surface area contributed by atoms with E-state index in [4.69, 9.17) is 9.84 Å². The molecule has 0 aliphatic carbocycles. The van der Waals surface area contributed by atoms with Gasteiger partial charge in [0.1, 0.15) is 11.6 Å². The molecule has 3 N–H and O–H groups in total. The second-order valence-corrected chi connectivity index (χ2v) is 12.7. The highest BCUT2D eigenvalue weighted by atomic mass is 32.1. The number of urea groups is 1. The van der Waals surface area contributed by atoms with Crippen molar-refractivity contribution in [3.63, 3.8) is 0 Å². The van der Waals surface area contributed by atoms with Crippen molar-refractivity contribution in [3.8, 4) is 27.9 Å².